The third-order valence-electron chi connectivity index (χ3n) is 12.9. The predicted molar refractivity (Wildman–Crippen MR) is 251 cm³/mol. The van der Waals surface area contributed by atoms with Gasteiger partial charge in [0, 0.05) is 38.6 Å². The Morgan fingerprint density at radius 2 is 0.932 bits per heavy atom. The summed E-state index contributed by atoms with van der Waals surface area (Å²) in [5.41, 5.74) is 14.6. The maximum atomic E-state index is 2.47. The maximum absolute atomic E-state index is 2.47. The number of para-hydroxylation sites is 2. The second kappa shape index (κ2) is 12.8. The minimum atomic E-state index is -0.230. The van der Waals surface area contributed by atoms with Crippen LogP contribution in [0.3, 0.4) is 0 Å². The van der Waals surface area contributed by atoms with Crippen LogP contribution in [0.25, 0.3) is 82.1 Å². The summed E-state index contributed by atoms with van der Waals surface area (Å²) >= 11 is 0. The van der Waals surface area contributed by atoms with E-state index in [0.717, 1.165) is 17.1 Å². The molecule has 0 aliphatic heterocycles. The van der Waals surface area contributed by atoms with E-state index < -0.39 is 0 Å². The molecule has 2 nitrogen and oxygen atoms in total. The smallest absolute Gasteiger partial charge is 0.0541 e. The summed E-state index contributed by atoms with van der Waals surface area (Å²) in [5, 5.41) is 10.1. The van der Waals surface area contributed by atoms with E-state index in [9.17, 15) is 0 Å². The minimum absolute atomic E-state index is 0.230. The summed E-state index contributed by atoms with van der Waals surface area (Å²) in [4.78, 5) is 2.47. The Morgan fingerprint density at radius 3 is 1.69 bits per heavy atom. The van der Waals surface area contributed by atoms with Gasteiger partial charge in [-0.15, -0.1) is 0 Å². The van der Waals surface area contributed by atoms with Crippen molar-refractivity contribution in [3.05, 3.63) is 217 Å². The van der Waals surface area contributed by atoms with Crippen LogP contribution in [-0.4, -0.2) is 4.57 Å². The van der Waals surface area contributed by atoms with Gasteiger partial charge in [-0.3, -0.25) is 0 Å². The Kier molecular flexibility index (Phi) is 7.31. The van der Waals surface area contributed by atoms with Gasteiger partial charge in [0.05, 0.1) is 16.7 Å². The summed E-state index contributed by atoms with van der Waals surface area (Å²) in [6, 6.07) is 76.2. The first kappa shape index (κ1) is 33.7. The second-order valence-electron chi connectivity index (χ2n) is 16.5. The summed E-state index contributed by atoms with van der Waals surface area (Å²) < 4.78 is 2.43. The van der Waals surface area contributed by atoms with Crippen molar-refractivity contribution in [3.63, 3.8) is 0 Å². The van der Waals surface area contributed by atoms with Gasteiger partial charge in [0.2, 0.25) is 0 Å². The summed E-state index contributed by atoms with van der Waals surface area (Å²) in [6.45, 7) is 4.79. The Hall–Kier alpha value is -7.42. The molecule has 0 saturated heterocycles. The van der Waals surface area contributed by atoms with Gasteiger partial charge in [-0.2, -0.15) is 0 Å². The molecule has 1 aromatic heterocycles. The van der Waals surface area contributed by atoms with E-state index in [4.69, 9.17) is 0 Å². The number of aromatic nitrogens is 1. The molecule has 12 rings (SSSR count). The highest BCUT2D eigenvalue weighted by Crippen LogP contribution is 2.52. The zero-order valence-electron chi connectivity index (χ0n) is 33.0. The highest BCUT2D eigenvalue weighted by molar-refractivity contribution is 6.14. The van der Waals surface area contributed by atoms with Crippen LogP contribution in [0, 0.1) is 0 Å². The maximum Gasteiger partial charge on any atom is 0.0541 e. The number of anilines is 3. The van der Waals surface area contributed by atoms with Crippen molar-refractivity contribution in [1.29, 1.82) is 0 Å². The molecule has 278 valence electrons. The fourth-order valence-corrected chi connectivity index (χ4v) is 10.1. The van der Waals surface area contributed by atoms with Crippen LogP contribution in [-0.2, 0) is 5.41 Å². The summed E-state index contributed by atoms with van der Waals surface area (Å²) in [6.07, 6.45) is 0. The van der Waals surface area contributed by atoms with Gasteiger partial charge < -0.3 is 9.47 Å². The minimum Gasteiger partial charge on any atom is -0.310 e. The molecule has 11 aromatic rings. The lowest BCUT2D eigenvalue weighted by Crippen LogP contribution is -2.17. The van der Waals surface area contributed by atoms with E-state index in [1.54, 1.807) is 0 Å². The highest BCUT2D eigenvalue weighted by atomic mass is 15.1. The Labute approximate surface area is 343 Å². The molecule has 0 radical (unpaired) electrons. The third kappa shape index (κ3) is 5.06. The first-order valence-electron chi connectivity index (χ1n) is 20.6. The first-order valence-corrected chi connectivity index (χ1v) is 20.6. The Balaban J connectivity index is 1.03. The molecule has 1 aliphatic rings. The highest BCUT2D eigenvalue weighted by Gasteiger charge is 2.36. The Bertz CT molecular complexity index is 3430. The molecule has 0 bridgehead atoms. The van der Waals surface area contributed by atoms with Gasteiger partial charge >= 0.3 is 0 Å². The quantitative estimate of drug-likeness (QED) is 0.159. The van der Waals surface area contributed by atoms with Crippen LogP contribution in [0.4, 0.5) is 17.1 Å². The molecule has 1 aliphatic carbocycles. The molecule has 0 fully saturated rings. The van der Waals surface area contributed by atoms with Gasteiger partial charge in [0.25, 0.3) is 0 Å². The number of nitrogens with zero attached hydrogens (tertiary/aromatic N) is 2. The van der Waals surface area contributed by atoms with Crippen LogP contribution >= 0.6 is 0 Å². The molecule has 59 heavy (non-hydrogen) atoms. The van der Waals surface area contributed by atoms with Crippen LogP contribution in [0.2, 0.25) is 0 Å². The molecule has 0 N–H and O–H groups in total. The molecule has 0 amide bonds. The number of fused-ring (bicyclic) bond motifs is 10. The first-order chi connectivity index (χ1) is 29.0. The molecule has 0 unspecified atom stereocenters. The lowest BCUT2D eigenvalue weighted by molar-refractivity contribution is 0.660. The molecule has 0 spiro atoms. The lowest BCUT2D eigenvalue weighted by Gasteiger charge is -2.29. The van der Waals surface area contributed by atoms with Gasteiger partial charge in [-0.1, -0.05) is 159 Å². The van der Waals surface area contributed by atoms with E-state index >= 15 is 0 Å². The zero-order valence-corrected chi connectivity index (χ0v) is 33.0. The van der Waals surface area contributed by atoms with Crippen LogP contribution < -0.4 is 4.90 Å². The van der Waals surface area contributed by atoms with Gasteiger partial charge in [-0.25, -0.2) is 0 Å². The lowest BCUT2D eigenvalue weighted by atomic mass is 9.82. The van der Waals surface area contributed by atoms with Gasteiger partial charge in [0.15, 0.2) is 0 Å². The van der Waals surface area contributed by atoms with E-state index in [1.807, 2.05) is 0 Å². The molecule has 10 aromatic carbocycles. The van der Waals surface area contributed by atoms with Crippen LogP contribution in [0.15, 0.2) is 206 Å². The van der Waals surface area contributed by atoms with Crippen molar-refractivity contribution < 1.29 is 0 Å². The van der Waals surface area contributed by atoms with E-state index in [-0.39, 0.29) is 5.41 Å². The van der Waals surface area contributed by atoms with E-state index in [0.29, 0.717) is 0 Å². The van der Waals surface area contributed by atoms with Gasteiger partial charge in [-0.05, 0) is 121 Å². The topological polar surface area (TPSA) is 8.17 Å². The number of hydrogen-bond acceptors (Lipinski definition) is 1. The largest absolute Gasteiger partial charge is 0.310 e. The molecule has 1 heterocycles. The number of rotatable bonds is 5. The fraction of sp³-hybridized carbons (Fsp3) is 0.0526. The van der Waals surface area contributed by atoms with Crippen LogP contribution in [0.5, 0.6) is 0 Å². The normalized spacial score (nSPS) is 13.1. The van der Waals surface area contributed by atoms with Crippen LogP contribution in [0.1, 0.15) is 25.0 Å². The SMILES string of the molecule is CC1(C)c2cc(N(c3cccc(-c4cc5ccccc5c5ccccc45)c3)c3cccc4ccccc34)ccc2-c2ccc(-n3c4ccccc4c4ccccc43)cc21. The molecule has 0 atom stereocenters. The van der Waals surface area contributed by atoms with E-state index in [2.05, 4.69) is 230 Å². The molecular formula is C57H40N2. The summed E-state index contributed by atoms with van der Waals surface area (Å²) in [5.74, 6) is 0. The van der Waals surface area contributed by atoms with Crippen molar-refractivity contribution >= 4 is 71.2 Å². The second-order valence-corrected chi connectivity index (χ2v) is 16.5. The summed E-state index contributed by atoms with van der Waals surface area (Å²) in [7, 11) is 0. The average Bonchev–Trinajstić information content (AvgIpc) is 3.74. The van der Waals surface area contributed by atoms with Crippen molar-refractivity contribution in [2.45, 2.75) is 19.3 Å². The van der Waals surface area contributed by atoms with Gasteiger partial charge in [0.1, 0.15) is 0 Å². The van der Waals surface area contributed by atoms with Crippen molar-refractivity contribution in [1.82, 2.24) is 4.57 Å². The fourth-order valence-electron chi connectivity index (χ4n) is 10.1. The average molecular weight is 753 g/mol. The Morgan fingerprint density at radius 1 is 0.373 bits per heavy atom. The number of benzene rings is 10. The molecule has 2 heteroatoms. The predicted octanol–water partition coefficient (Wildman–Crippen LogP) is 15.7. The molecular weight excluding hydrogens is 713 g/mol. The standard InChI is InChI=1S/C57H40N2/c1-57(2)52-35-41(29-31-47(52)48-32-30-42(36-53(48)57)59-55-26-11-9-24-49(55)50-25-10-12-27-56(50)59)58(54-28-14-17-37-15-3-6-21-44(37)54)40-19-13-18-38(33-40)51-34-39-16-4-5-20-43(39)45-22-7-8-23-46(45)51/h3-36H,1-2H3. The third-order valence-corrected chi connectivity index (χ3v) is 12.9. The monoisotopic (exact) mass is 752 g/mol. The van der Waals surface area contributed by atoms with E-state index in [1.165, 1.54) is 93.2 Å². The van der Waals surface area contributed by atoms with Crippen molar-refractivity contribution in [2.24, 2.45) is 0 Å². The van der Waals surface area contributed by atoms with Crippen molar-refractivity contribution in [3.8, 4) is 27.9 Å². The molecule has 0 saturated carbocycles. The zero-order chi connectivity index (χ0) is 39.2. The van der Waals surface area contributed by atoms with Crippen molar-refractivity contribution in [2.75, 3.05) is 4.90 Å². The number of hydrogen-bond donors (Lipinski definition) is 0.